The molecular weight excluding hydrogens is 318 g/mol. The average molecular weight is 341 g/mol. The molecule has 1 aliphatic heterocycles. The number of benzene rings is 1. The van der Waals surface area contributed by atoms with Gasteiger partial charge in [0, 0.05) is 25.6 Å². The van der Waals surface area contributed by atoms with E-state index in [0.29, 0.717) is 30.2 Å². The molecule has 0 spiro atoms. The largest absolute Gasteiger partial charge is 0.379 e. The first kappa shape index (κ1) is 16.4. The van der Waals surface area contributed by atoms with Crippen LogP contribution in [0.2, 0.25) is 0 Å². The first-order chi connectivity index (χ1) is 12.3. The molecule has 6 heteroatoms. The molecule has 2 aliphatic rings. The summed E-state index contributed by atoms with van der Waals surface area (Å²) in [5, 5.41) is 3.13. The Bertz CT molecular complexity index is 742. The fourth-order valence-corrected chi connectivity index (χ4v) is 3.38. The van der Waals surface area contributed by atoms with Gasteiger partial charge in [-0.2, -0.15) is 0 Å². The summed E-state index contributed by atoms with van der Waals surface area (Å²) >= 11 is 0. The molecule has 1 amide bonds. The van der Waals surface area contributed by atoms with Crippen LogP contribution in [0.4, 0.5) is 0 Å². The molecule has 1 saturated heterocycles. The van der Waals surface area contributed by atoms with Crippen LogP contribution in [0.1, 0.15) is 36.0 Å². The number of rotatable bonds is 5. The average Bonchev–Trinajstić information content (AvgIpc) is 2.61. The second-order valence-corrected chi connectivity index (χ2v) is 6.84. The standard InChI is InChI=1S/C19H23N3O3/c23-19(14-5-2-6-16-18(14)21-9-8-20-16)22-15-7-10-24-12-17(15)25-11-13-3-1-4-13/h2,5-6,8-9,13,15,17H,1,3-4,7,10-12H2,(H,22,23). The van der Waals surface area contributed by atoms with Gasteiger partial charge in [0.1, 0.15) is 11.6 Å². The minimum Gasteiger partial charge on any atom is -0.379 e. The van der Waals surface area contributed by atoms with Crippen molar-refractivity contribution in [3.05, 3.63) is 36.2 Å². The van der Waals surface area contributed by atoms with Gasteiger partial charge in [-0.25, -0.2) is 0 Å². The highest BCUT2D eigenvalue weighted by Gasteiger charge is 2.30. The third-order valence-electron chi connectivity index (χ3n) is 5.13. The number of para-hydroxylation sites is 1. The molecule has 1 N–H and O–H groups in total. The third-order valence-corrected chi connectivity index (χ3v) is 5.13. The van der Waals surface area contributed by atoms with E-state index in [2.05, 4.69) is 15.3 Å². The van der Waals surface area contributed by atoms with E-state index in [4.69, 9.17) is 9.47 Å². The molecule has 0 radical (unpaired) electrons. The van der Waals surface area contributed by atoms with E-state index in [9.17, 15) is 4.79 Å². The number of amides is 1. The molecule has 1 aromatic carbocycles. The van der Waals surface area contributed by atoms with E-state index in [1.54, 1.807) is 18.5 Å². The van der Waals surface area contributed by atoms with Gasteiger partial charge in [-0.3, -0.25) is 14.8 Å². The molecule has 132 valence electrons. The SMILES string of the molecule is O=C(NC1CCOCC1OCC1CCC1)c1cccc2nccnc12. The van der Waals surface area contributed by atoms with Crippen LogP contribution in [-0.4, -0.2) is 47.8 Å². The van der Waals surface area contributed by atoms with Crippen molar-refractivity contribution in [1.29, 1.82) is 0 Å². The Morgan fingerprint density at radius 2 is 2.12 bits per heavy atom. The predicted octanol–water partition coefficient (Wildman–Crippen LogP) is 2.33. The van der Waals surface area contributed by atoms with Crippen LogP contribution in [0.15, 0.2) is 30.6 Å². The smallest absolute Gasteiger partial charge is 0.253 e. The Hall–Kier alpha value is -2.05. The zero-order valence-corrected chi connectivity index (χ0v) is 14.2. The van der Waals surface area contributed by atoms with Crippen LogP contribution in [0.3, 0.4) is 0 Å². The Morgan fingerprint density at radius 1 is 1.24 bits per heavy atom. The summed E-state index contributed by atoms with van der Waals surface area (Å²) in [6, 6.07) is 5.45. The van der Waals surface area contributed by atoms with E-state index in [1.807, 2.05) is 12.1 Å². The molecule has 1 aromatic heterocycles. The number of aromatic nitrogens is 2. The minimum atomic E-state index is -0.129. The van der Waals surface area contributed by atoms with Crippen LogP contribution in [0.25, 0.3) is 11.0 Å². The van der Waals surface area contributed by atoms with E-state index in [0.717, 1.165) is 18.5 Å². The maximum Gasteiger partial charge on any atom is 0.253 e. The molecule has 6 nitrogen and oxygen atoms in total. The fourth-order valence-electron chi connectivity index (χ4n) is 3.38. The third kappa shape index (κ3) is 3.65. The lowest BCUT2D eigenvalue weighted by atomic mass is 9.86. The van der Waals surface area contributed by atoms with E-state index < -0.39 is 0 Å². The van der Waals surface area contributed by atoms with Crippen LogP contribution < -0.4 is 5.32 Å². The first-order valence-corrected chi connectivity index (χ1v) is 9.01. The monoisotopic (exact) mass is 341 g/mol. The van der Waals surface area contributed by atoms with Crippen molar-refractivity contribution in [3.63, 3.8) is 0 Å². The highest BCUT2D eigenvalue weighted by atomic mass is 16.5. The molecule has 2 unspecified atom stereocenters. The molecule has 2 aromatic rings. The molecule has 4 rings (SSSR count). The number of fused-ring (bicyclic) bond motifs is 1. The van der Waals surface area contributed by atoms with E-state index in [-0.39, 0.29) is 18.1 Å². The molecule has 2 atom stereocenters. The number of nitrogens with zero attached hydrogens (tertiary/aromatic N) is 2. The molecule has 25 heavy (non-hydrogen) atoms. The lowest BCUT2D eigenvalue weighted by molar-refractivity contribution is -0.0819. The summed E-state index contributed by atoms with van der Waals surface area (Å²) < 4.78 is 11.6. The van der Waals surface area contributed by atoms with Gasteiger partial charge in [0.05, 0.1) is 23.7 Å². The van der Waals surface area contributed by atoms with Crippen molar-refractivity contribution >= 4 is 16.9 Å². The van der Waals surface area contributed by atoms with Gasteiger partial charge in [-0.1, -0.05) is 12.5 Å². The second kappa shape index (κ2) is 7.45. The number of nitrogens with one attached hydrogen (secondary N) is 1. The van der Waals surface area contributed by atoms with Crippen molar-refractivity contribution in [3.8, 4) is 0 Å². The van der Waals surface area contributed by atoms with Gasteiger partial charge in [0.2, 0.25) is 0 Å². The molecule has 1 aliphatic carbocycles. The van der Waals surface area contributed by atoms with Crippen molar-refractivity contribution in [2.75, 3.05) is 19.8 Å². The van der Waals surface area contributed by atoms with Crippen LogP contribution in [0, 0.1) is 5.92 Å². The Morgan fingerprint density at radius 3 is 2.96 bits per heavy atom. The molecule has 2 heterocycles. The summed E-state index contributed by atoms with van der Waals surface area (Å²) in [5.41, 5.74) is 1.90. The van der Waals surface area contributed by atoms with Gasteiger partial charge >= 0.3 is 0 Å². The van der Waals surface area contributed by atoms with Gasteiger partial charge in [0.15, 0.2) is 0 Å². The Labute approximate surface area is 146 Å². The fraction of sp³-hybridized carbons (Fsp3) is 0.526. The van der Waals surface area contributed by atoms with Gasteiger partial charge < -0.3 is 14.8 Å². The lowest BCUT2D eigenvalue weighted by Crippen LogP contribution is -2.50. The van der Waals surface area contributed by atoms with Crippen molar-refractivity contribution in [2.24, 2.45) is 5.92 Å². The summed E-state index contributed by atoms with van der Waals surface area (Å²) in [6.07, 6.45) is 7.72. The number of carbonyl (C=O) groups is 1. The van der Waals surface area contributed by atoms with Gasteiger partial charge in [-0.15, -0.1) is 0 Å². The van der Waals surface area contributed by atoms with Crippen molar-refractivity contribution in [1.82, 2.24) is 15.3 Å². The van der Waals surface area contributed by atoms with Crippen LogP contribution >= 0.6 is 0 Å². The first-order valence-electron chi connectivity index (χ1n) is 9.01. The topological polar surface area (TPSA) is 73.3 Å². The maximum atomic E-state index is 12.8. The minimum absolute atomic E-state index is 0.0340. The predicted molar refractivity (Wildman–Crippen MR) is 93.3 cm³/mol. The highest BCUT2D eigenvalue weighted by Crippen LogP contribution is 2.27. The Balaban J connectivity index is 1.45. The number of hydrogen-bond acceptors (Lipinski definition) is 5. The number of ether oxygens (including phenoxy) is 2. The zero-order valence-electron chi connectivity index (χ0n) is 14.2. The van der Waals surface area contributed by atoms with Crippen LogP contribution in [-0.2, 0) is 9.47 Å². The zero-order chi connectivity index (χ0) is 17.1. The molecule has 2 fully saturated rings. The van der Waals surface area contributed by atoms with E-state index >= 15 is 0 Å². The summed E-state index contributed by atoms with van der Waals surface area (Å²) in [5.74, 6) is 0.543. The Kier molecular flexibility index (Phi) is 4.90. The van der Waals surface area contributed by atoms with Gasteiger partial charge in [-0.05, 0) is 37.3 Å². The number of carbonyl (C=O) groups excluding carboxylic acids is 1. The maximum absolute atomic E-state index is 12.8. The van der Waals surface area contributed by atoms with Gasteiger partial charge in [0.25, 0.3) is 5.91 Å². The molecule has 0 bridgehead atoms. The normalized spacial score (nSPS) is 24.0. The lowest BCUT2D eigenvalue weighted by Gasteiger charge is -2.34. The van der Waals surface area contributed by atoms with Crippen molar-refractivity contribution < 1.29 is 14.3 Å². The summed E-state index contributed by atoms with van der Waals surface area (Å²) in [4.78, 5) is 21.4. The summed E-state index contributed by atoms with van der Waals surface area (Å²) in [7, 11) is 0. The quantitative estimate of drug-likeness (QED) is 0.903. The second-order valence-electron chi connectivity index (χ2n) is 6.84. The number of hydrogen-bond donors (Lipinski definition) is 1. The van der Waals surface area contributed by atoms with Crippen molar-refractivity contribution in [2.45, 2.75) is 37.8 Å². The highest BCUT2D eigenvalue weighted by molar-refractivity contribution is 6.04. The summed E-state index contributed by atoms with van der Waals surface area (Å²) in [6.45, 7) is 1.94. The molecular formula is C19H23N3O3. The van der Waals surface area contributed by atoms with E-state index in [1.165, 1.54) is 19.3 Å². The van der Waals surface area contributed by atoms with Crippen LogP contribution in [0.5, 0.6) is 0 Å². The molecule has 1 saturated carbocycles.